The van der Waals surface area contributed by atoms with Gasteiger partial charge in [0.15, 0.2) is 0 Å². The van der Waals surface area contributed by atoms with E-state index in [2.05, 4.69) is 4.72 Å². The Hall–Kier alpha value is -3.37. The molecule has 0 aromatic heterocycles. The summed E-state index contributed by atoms with van der Waals surface area (Å²) in [5, 5.41) is 0. The monoisotopic (exact) mass is 517 g/mol. The van der Waals surface area contributed by atoms with Crippen molar-refractivity contribution in [2.24, 2.45) is 0 Å². The Balaban J connectivity index is 1.49. The van der Waals surface area contributed by atoms with E-state index in [1.165, 1.54) is 18.2 Å². The van der Waals surface area contributed by atoms with Crippen LogP contribution in [0.1, 0.15) is 11.1 Å². The maximum atomic E-state index is 13.5. The minimum atomic E-state index is -4.44. The summed E-state index contributed by atoms with van der Waals surface area (Å²) < 4.78 is 67.8. The van der Waals surface area contributed by atoms with Gasteiger partial charge in [-0.15, -0.1) is 0 Å². The Kier molecular flexibility index (Phi) is 7.65. The number of hydrogen-bond donors (Lipinski definition) is 1. The standard InChI is InChI=1S/C26H26F3N3O3S/c27-26(28,29)21-10-7-11-22(19-21)31-14-16-32(17-15-31)25(33)24(18-20-8-3-1-4-9-20)30-36(34,35)23-12-5-2-6-13-23/h1-13,19,24,30H,14-18H2/t24-/m1/s1. The summed E-state index contributed by atoms with van der Waals surface area (Å²) in [6.45, 7) is 1.17. The Labute approximate surface area is 208 Å². The van der Waals surface area contributed by atoms with Crippen LogP contribution in [-0.2, 0) is 27.4 Å². The molecule has 3 aromatic rings. The number of amides is 1. The molecule has 1 aliphatic heterocycles. The van der Waals surface area contributed by atoms with Crippen molar-refractivity contribution in [1.82, 2.24) is 9.62 Å². The third kappa shape index (κ3) is 6.24. The normalized spacial score (nSPS) is 15.5. The number of piperazine rings is 1. The second kappa shape index (κ2) is 10.7. The van der Waals surface area contributed by atoms with Gasteiger partial charge in [-0.2, -0.15) is 17.9 Å². The number of nitrogens with zero attached hydrogens (tertiary/aromatic N) is 2. The maximum absolute atomic E-state index is 13.5. The number of anilines is 1. The van der Waals surface area contributed by atoms with Gasteiger partial charge in [-0.3, -0.25) is 4.79 Å². The third-order valence-electron chi connectivity index (χ3n) is 6.06. The second-order valence-corrected chi connectivity index (χ2v) is 10.3. The molecule has 1 fully saturated rings. The largest absolute Gasteiger partial charge is 0.416 e. The van der Waals surface area contributed by atoms with E-state index < -0.39 is 27.8 Å². The van der Waals surface area contributed by atoms with Crippen LogP contribution in [0.5, 0.6) is 0 Å². The van der Waals surface area contributed by atoms with Gasteiger partial charge >= 0.3 is 6.18 Å². The van der Waals surface area contributed by atoms with Gasteiger partial charge in [-0.1, -0.05) is 54.6 Å². The van der Waals surface area contributed by atoms with Crippen LogP contribution in [0.4, 0.5) is 18.9 Å². The van der Waals surface area contributed by atoms with Gasteiger partial charge < -0.3 is 9.80 Å². The van der Waals surface area contributed by atoms with E-state index in [0.29, 0.717) is 18.8 Å². The first-order valence-corrected chi connectivity index (χ1v) is 12.9. The molecule has 190 valence electrons. The molecule has 4 rings (SSSR count). The van der Waals surface area contributed by atoms with E-state index in [-0.39, 0.29) is 30.3 Å². The first-order valence-electron chi connectivity index (χ1n) is 11.5. The van der Waals surface area contributed by atoms with Crippen LogP contribution in [0.2, 0.25) is 0 Å². The van der Waals surface area contributed by atoms with E-state index in [1.807, 2.05) is 30.3 Å². The average Bonchev–Trinajstić information content (AvgIpc) is 2.88. The van der Waals surface area contributed by atoms with Crippen LogP contribution in [0.15, 0.2) is 89.8 Å². The van der Waals surface area contributed by atoms with Gasteiger partial charge in [-0.25, -0.2) is 8.42 Å². The lowest BCUT2D eigenvalue weighted by atomic mass is 10.1. The zero-order valence-corrected chi connectivity index (χ0v) is 20.2. The van der Waals surface area contributed by atoms with E-state index in [9.17, 15) is 26.4 Å². The average molecular weight is 518 g/mol. The van der Waals surface area contributed by atoms with Crippen molar-refractivity contribution < 1.29 is 26.4 Å². The van der Waals surface area contributed by atoms with Crippen LogP contribution in [0.3, 0.4) is 0 Å². The molecular formula is C26H26F3N3O3S. The molecule has 36 heavy (non-hydrogen) atoms. The Morgan fingerprint density at radius 2 is 1.47 bits per heavy atom. The minimum Gasteiger partial charge on any atom is -0.368 e. The van der Waals surface area contributed by atoms with Crippen molar-refractivity contribution in [1.29, 1.82) is 0 Å². The molecule has 3 aromatic carbocycles. The highest BCUT2D eigenvalue weighted by Crippen LogP contribution is 2.32. The smallest absolute Gasteiger partial charge is 0.368 e. The highest BCUT2D eigenvalue weighted by Gasteiger charge is 2.33. The van der Waals surface area contributed by atoms with Crippen LogP contribution < -0.4 is 9.62 Å². The molecule has 0 aliphatic carbocycles. The summed E-state index contributed by atoms with van der Waals surface area (Å²) in [6, 6.07) is 21.0. The number of carbonyl (C=O) groups is 1. The molecule has 1 atom stereocenters. The summed E-state index contributed by atoms with van der Waals surface area (Å²) in [4.78, 5) is 16.9. The van der Waals surface area contributed by atoms with Gasteiger partial charge in [0.25, 0.3) is 0 Å². The molecule has 6 nitrogen and oxygen atoms in total. The maximum Gasteiger partial charge on any atom is 0.416 e. The summed E-state index contributed by atoms with van der Waals surface area (Å²) in [6.07, 6.45) is -4.27. The Morgan fingerprint density at radius 3 is 2.08 bits per heavy atom. The zero-order chi connectivity index (χ0) is 25.8. The molecule has 1 saturated heterocycles. The lowest BCUT2D eigenvalue weighted by molar-refractivity contribution is -0.137. The summed E-state index contributed by atoms with van der Waals surface area (Å²) >= 11 is 0. The Bertz CT molecular complexity index is 1280. The van der Waals surface area contributed by atoms with Crippen LogP contribution in [0, 0.1) is 0 Å². The molecule has 0 unspecified atom stereocenters. The SMILES string of the molecule is O=C([C@@H](Cc1ccccc1)NS(=O)(=O)c1ccccc1)N1CCN(c2cccc(C(F)(F)F)c2)CC1. The number of benzene rings is 3. The van der Waals surface area contributed by atoms with Crippen molar-refractivity contribution in [3.63, 3.8) is 0 Å². The minimum absolute atomic E-state index is 0.0604. The lowest BCUT2D eigenvalue weighted by Crippen LogP contribution is -2.55. The van der Waals surface area contributed by atoms with E-state index >= 15 is 0 Å². The number of rotatable bonds is 7. The molecule has 0 radical (unpaired) electrons. The molecule has 1 N–H and O–H groups in total. The predicted molar refractivity (Wildman–Crippen MR) is 131 cm³/mol. The van der Waals surface area contributed by atoms with Gasteiger partial charge in [0.1, 0.15) is 6.04 Å². The van der Waals surface area contributed by atoms with Gasteiger partial charge in [-0.05, 0) is 42.3 Å². The van der Waals surface area contributed by atoms with Crippen molar-refractivity contribution in [2.45, 2.75) is 23.5 Å². The van der Waals surface area contributed by atoms with Crippen molar-refractivity contribution >= 4 is 21.6 Å². The predicted octanol–water partition coefficient (Wildman–Crippen LogP) is 3.94. The molecule has 1 amide bonds. The fraction of sp³-hybridized carbons (Fsp3) is 0.269. The zero-order valence-electron chi connectivity index (χ0n) is 19.4. The second-order valence-electron chi connectivity index (χ2n) is 8.54. The van der Waals surface area contributed by atoms with E-state index in [1.54, 1.807) is 34.1 Å². The fourth-order valence-electron chi connectivity index (χ4n) is 4.17. The number of halogens is 3. The van der Waals surface area contributed by atoms with Crippen molar-refractivity contribution in [2.75, 3.05) is 31.1 Å². The van der Waals surface area contributed by atoms with Crippen molar-refractivity contribution in [3.8, 4) is 0 Å². The highest BCUT2D eigenvalue weighted by molar-refractivity contribution is 7.89. The topological polar surface area (TPSA) is 69.7 Å². The van der Waals surface area contributed by atoms with Crippen LogP contribution >= 0.6 is 0 Å². The number of sulfonamides is 1. The first kappa shape index (κ1) is 25.7. The van der Waals surface area contributed by atoms with E-state index in [0.717, 1.165) is 17.7 Å². The summed E-state index contributed by atoms with van der Waals surface area (Å²) in [7, 11) is -3.95. The summed E-state index contributed by atoms with van der Waals surface area (Å²) in [5.41, 5.74) is 0.508. The molecular weight excluding hydrogens is 491 g/mol. The molecule has 1 heterocycles. The molecule has 1 aliphatic rings. The van der Waals surface area contributed by atoms with Crippen LogP contribution in [-0.4, -0.2) is 51.4 Å². The summed E-state index contributed by atoms with van der Waals surface area (Å²) in [5.74, 6) is -0.373. The molecule has 0 saturated carbocycles. The lowest BCUT2D eigenvalue weighted by Gasteiger charge is -2.37. The number of carbonyl (C=O) groups excluding carboxylic acids is 1. The van der Waals surface area contributed by atoms with Gasteiger partial charge in [0.2, 0.25) is 15.9 Å². The number of alkyl halides is 3. The number of nitrogens with one attached hydrogen (secondary N) is 1. The highest BCUT2D eigenvalue weighted by atomic mass is 32.2. The quantitative estimate of drug-likeness (QED) is 0.516. The number of hydrogen-bond acceptors (Lipinski definition) is 4. The molecule has 0 spiro atoms. The fourth-order valence-corrected chi connectivity index (χ4v) is 5.38. The van der Waals surface area contributed by atoms with Crippen molar-refractivity contribution in [3.05, 3.63) is 96.1 Å². The molecule has 10 heteroatoms. The van der Waals surface area contributed by atoms with E-state index in [4.69, 9.17) is 0 Å². The van der Waals surface area contributed by atoms with Gasteiger partial charge in [0.05, 0.1) is 10.5 Å². The first-order chi connectivity index (χ1) is 17.1. The molecule has 0 bridgehead atoms. The van der Waals surface area contributed by atoms with Gasteiger partial charge in [0, 0.05) is 31.9 Å². The Morgan fingerprint density at radius 1 is 0.861 bits per heavy atom. The van der Waals surface area contributed by atoms with Crippen LogP contribution in [0.25, 0.3) is 0 Å². The third-order valence-corrected chi connectivity index (χ3v) is 7.55.